The average molecular weight is 283 g/mol. The number of pyridine rings is 1. The number of carboxylic acids is 1. The monoisotopic (exact) mass is 282 g/mol. The van der Waals surface area contributed by atoms with E-state index in [1.54, 1.807) is 24.3 Å². The molecule has 1 aromatic heterocycles. The van der Waals surface area contributed by atoms with Crippen LogP contribution in [0.5, 0.6) is 0 Å². The Kier molecular flexibility index (Phi) is 3.69. The highest BCUT2D eigenvalue weighted by Gasteiger charge is 2.05. The fourth-order valence-electron chi connectivity index (χ4n) is 1.37. The number of nitrogens with zero attached hydrogens (tertiary/aromatic N) is 1. The number of rotatable bonds is 3. The third-order valence-electron chi connectivity index (χ3n) is 2.19. The Hall–Kier alpha value is -1.78. The van der Waals surface area contributed by atoms with Crippen molar-refractivity contribution >= 4 is 40.5 Å². The smallest absolute Gasteiger partial charge is 0.354 e. The summed E-state index contributed by atoms with van der Waals surface area (Å²) in [5, 5.41) is 12.7. The van der Waals surface area contributed by atoms with Gasteiger partial charge < -0.3 is 10.4 Å². The maximum absolute atomic E-state index is 10.8. The highest BCUT2D eigenvalue weighted by molar-refractivity contribution is 6.42. The molecule has 0 spiro atoms. The molecule has 0 aliphatic heterocycles. The second kappa shape index (κ2) is 5.25. The lowest BCUT2D eigenvalue weighted by Gasteiger charge is -2.07. The first-order chi connectivity index (χ1) is 8.56. The van der Waals surface area contributed by atoms with Crippen LogP contribution in [0.2, 0.25) is 10.0 Å². The van der Waals surface area contributed by atoms with E-state index in [9.17, 15) is 4.79 Å². The van der Waals surface area contributed by atoms with Gasteiger partial charge in [0.1, 0.15) is 5.69 Å². The minimum atomic E-state index is -1.08. The highest BCUT2D eigenvalue weighted by atomic mass is 35.5. The van der Waals surface area contributed by atoms with Crippen molar-refractivity contribution in [2.75, 3.05) is 5.32 Å². The molecule has 2 rings (SSSR count). The molecule has 0 saturated heterocycles. The Balaban J connectivity index is 2.25. The normalized spacial score (nSPS) is 10.1. The molecule has 0 aliphatic rings. The molecule has 18 heavy (non-hydrogen) atoms. The van der Waals surface area contributed by atoms with Gasteiger partial charge in [0.05, 0.1) is 10.0 Å². The van der Waals surface area contributed by atoms with Crippen molar-refractivity contribution in [2.24, 2.45) is 0 Å². The maximum atomic E-state index is 10.8. The van der Waals surface area contributed by atoms with Gasteiger partial charge in [0, 0.05) is 17.6 Å². The fourth-order valence-corrected chi connectivity index (χ4v) is 1.66. The second-order valence-corrected chi connectivity index (χ2v) is 4.30. The van der Waals surface area contributed by atoms with Crippen LogP contribution in [0.3, 0.4) is 0 Å². The van der Waals surface area contributed by atoms with E-state index in [0.717, 1.165) is 0 Å². The van der Waals surface area contributed by atoms with E-state index in [1.165, 1.54) is 12.3 Å². The molecule has 1 heterocycles. The van der Waals surface area contributed by atoms with Crippen LogP contribution in [0.25, 0.3) is 0 Å². The third kappa shape index (κ3) is 2.91. The van der Waals surface area contributed by atoms with E-state index in [2.05, 4.69) is 10.3 Å². The van der Waals surface area contributed by atoms with Gasteiger partial charge >= 0.3 is 5.97 Å². The van der Waals surface area contributed by atoms with Crippen LogP contribution in [-0.2, 0) is 0 Å². The fraction of sp³-hybridized carbons (Fsp3) is 0. The van der Waals surface area contributed by atoms with E-state index in [4.69, 9.17) is 28.3 Å². The topological polar surface area (TPSA) is 62.2 Å². The Morgan fingerprint density at radius 3 is 2.50 bits per heavy atom. The summed E-state index contributed by atoms with van der Waals surface area (Å²) >= 11 is 11.7. The van der Waals surface area contributed by atoms with Gasteiger partial charge in [0.15, 0.2) is 0 Å². The first kappa shape index (κ1) is 12.7. The number of hydrogen-bond acceptors (Lipinski definition) is 3. The number of nitrogens with one attached hydrogen (secondary N) is 1. The molecule has 0 saturated carbocycles. The van der Waals surface area contributed by atoms with E-state index >= 15 is 0 Å². The Bertz CT molecular complexity index is 602. The minimum absolute atomic E-state index is 0.0277. The zero-order valence-corrected chi connectivity index (χ0v) is 10.5. The average Bonchev–Trinajstić information content (AvgIpc) is 2.34. The van der Waals surface area contributed by atoms with Gasteiger partial charge in [-0.1, -0.05) is 23.2 Å². The quantitative estimate of drug-likeness (QED) is 0.898. The van der Waals surface area contributed by atoms with Crippen LogP contribution in [0.15, 0.2) is 36.5 Å². The molecule has 2 aromatic rings. The van der Waals surface area contributed by atoms with Gasteiger partial charge in [-0.3, -0.25) is 0 Å². The van der Waals surface area contributed by atoms with Gasteiger partial charge in [-0.15, -0.1) is 0 Å². The summed E-state index contributed by atoms with van der Waals surface area (Å²) in [5.74, 6) is -1.08. The van der Waals surface area contributed by atoms with Gasteiger partial charge in [-0.05, 0) is 30.3 Å². The molecule has 0 atom stereocenters. The lowest BCUT2D eigenvalue weighted by atomic mass is 10.2. The van der Waals surface area contributed by atoms with Crippen LogP contribution in [0.4, 0.5) is 11.4 Å². The summed E-state index contributed by atoms with van der Waals surface area (Å²) in [5.41, 5.74) is 1.30. The third-order valence-corrected chi connectivity index (χ3v) is 2.93. The predicted molar refractivity (Wildman–Crippen MR) is 70.9 cm³/mol. The van der Waals surface area contributed by atoms with Crippen LogP contribution in [0, 0.1) is 0 Å². The molecule has 4 nitrogen and oxygen atoms in total. The van der Waals surface area contributed by atoms with Crippen molar-refractivity contribution in [1.29, 1.82) is 0 Å². The summed E-state index contributed by atoms with van der Waals surface area (Å²) in [6.45, 7) is 0. The number of carboxylic acid groups (broad SMARTS) is 1. The first-order valence-electron chi connectivity index (χ1n) is 4.97. The van der Waals surface area contributed by atoms with Gasteiger partial charge in [0.2, 0.25) is 0 Å². The Morgan fingerprint density at radius 1 is 1.11 bits per heavy atom. The number of hydrogen-bond donors (Lipinski definition) is 2. The Morgan fingerprint density at radius 2 is 1.83 bits per heavy atom. The van der Waals surface area contributed by atoms with Crippen molar-refractivity contribution in [3.63, 3.8) is 0 Å². The number of anilines is 2. The standard InChI is InChI=1S/C12H8Cl2N2O2/c13-9-2-1-7(5-10(9)14)16-8-3-4-15-11(6-8)12(17)18/h1-6H,(H,15,16)(H,17,18). The number of aromatic nitrogens is 1. The summed E-state index contributed by atoms with van der Waals surface area (Å²) in [4.78, 5) is 14.5. The Labute approximate surface area is 113 Å². The van der Waals surface area contributed by atoms with Crippen molar-refractivity contribution in [3.8, 4) is 0 Å². The van der Waals surface area contributed by atoms with E-state index in [-0.39, 0.29) is 5.69 Å². The first-order valence-corrected chi connectivity index (χ1v) is 5.73. The summed E-state index contributed by atoms with van der Waals surface area (Å²) < 4.78 is 0. The lowest BCUT2D eigenvalue weighted by molar-refractivity contribution is 0.0690. The number of carbonyl (C=O) groups is 1. The number of benzene rings is 1. The molecule has 0 radical (unpaired) electrons. The van der Waals surface area contributed by atoms with Gasteiger partial charge in [-0.2, -0.15) is 0 Å². The molecule has 6 heteroatoms. The predicted octanol–water partition coefficient (Wildman–Crippen LogP) is 3.83. The largest absolute Gasteiger partial charge is 0.477 e. The van der Waals surface area contributed by atoms with Crippen molar-refractivity contribution in [3.05, 3.63) is 52.3 Å². The molecular formula is C12H8Cl2N2O2. The van der Waals surface area contributed by atoms with Gasteiger partial charge in [-0.25, -0.2) is 9.78 Å². The molecule has 0 unspecified atom stereocenters. The van der Waals surface area contributed by atoms with Gasteiger partial charge in [0.25, 0.3) is 0 Å². The van der Waals surface area contributed by atoms with Crippen molar-refractivity contribution < 1.29 is 9.90 Å². The summed E-state index contributed by atoms with van der Waals surface area (Å²) in [6.07, 6.45) is 1.42. The van der Waals surface area contributed by atoms with E-state index in [0.29, 0.717) is 21.4 Å². The van der Waals surface area contributed by atoms with Crippen LogP contribution < -0.4 is 5.32 Å². The molecule has 1 aromatic carbocycles. The van der Waals surface area contributed by atoms with Crippen LogP contribution in [-0.4, -0.2) is 16.1 Å². The molecule has 0 amide bonds. The zero-order chi connectivity index (χ0) is 13.1. The van der Waals surface area contributed by atoms with E-state index in [1.807, 2.05) is 0 Å². The zero-order valence-electron chi connectivity index (χ0n) is 9.02. The SMILES string of the molecule is O=C(O)c1cc(Nc2ccc(Cl)c(Cl)c2)ccn1. The highest BCUT2D eigenvalue weighted by Crippen LogP contribution is 2.26. The van der Waals surface area contributed by atoms with E-state index < -0.39 is 5.97 Å². The second-order valence-electron chi connectivity index (χ2n) is 3.49. The summed E-state index contributed by atoms with van der Waals surface area (Å²) in [6, 6.07) is 8.16. The molecule has 0 aliphatic carbocycles. The number of aromatic carboxylic acids is 1. The molecule has 2 N–H and O–H groups in total. The number of halogens is 2. The maximum Gasteiger partial charge on any atom is 0.354 e. The molecule has 0 bridgehead atoms. The van der Waals surface area contributed by atoms with Crippen molar-refractivity contribution in [2.45, 2.75) is 0 Å². The molecule has 92 valence electrons. The van der Waals surface area contributed by atoms with Crippen molar-refractivity contribution in [1.82, 2.24) is 4.98 Å². The summed E-state index contributed by atoms with van der Waals surface area (Å²) in [7, 11) is 0. The molecule has 0 fully saturated rings. The molecular weight excluding hydrogens is 275 g/mol. The minimum Gasteiger partial charge on any atom is -0.477 e. The lowest BCUT2D eigenvalue weighted by Crippen LogP contribution is -2.01. The van der Waals surface area contributed by atoms with Crippen LogP contribution in [0.1, 0.15) is 10.5 Å². The van der Waals surface area contributed by atoms with Crippen LogP contribution >= 0.6 is 23.2 Å².